The molecule has 0 aliphatic rings. The van der Waals surface area contributed by atoms with Crippen LogP contribution in [-0.4, -0.2) is 4.57 Å². The SMILES string of the molecule is Cc1cn(-c2cc3ccccc3oc2=O)c2ccccc12. The average Bonchev–Trinajstić information content (AvgIpc) is 2.84. The maximum absolute atomic E-state index is 12.3. The van der Waals surface area contributed by atoms with Crippen molar-refractivity contribution in [1.29, 1.82) is 0 Å². The fraction of sp³-hybridized carbons (Fsp3) is 0.0556. The van der Waals surface area contributed by atoms with Crippen LogP contribution in [0.5, 0.6) is 0 Å². The molecule has 0 radical (unpaired) electrons. The number of fused-ring (bicyclic) bond motifs is 2. The standard InChI is InChI=1S/C18H13NO2/c1-12-11-19(15-8-4-3-7-14(12)15)16-10-13-6-2-5-9-17(13)21-18(16)20/h2-11H,1H3. The molecule has 2 heterocycles. The molecular weight excluding hydrogens is 262 g/mol. The molecule has 0 N–H and O–H groups in total. The maximum Gasteiger partial charge on any atom is 0.360 e. The van der Waals surface area contributed by atoms with E-state index >= 15 is 0 Å². The molecule has 0 saturated carbocycles. The minimum atomic E-state index is -0.325. The molecule has 2 aromatic heterocycles. The first-order chi connectivity index (χ1) is 10.2. The van der Waals surface area contributed by atoms with Crippen molar-refractivity contribution >= 4 is 21.9 Å². The molecule has 0 bridgehead atoms. The van der Waals surface area contributed by atoms with Gasteiger partial charge >= 0.3 is 5.63 Å². The second-order valence-electron chi connectivity index (χ2n) is 5.16. The highest BCUT2D eigenvalue weighted by molar-refractivity contribution is 5.86. The number of para-hydroxylation sites is 2. The zero-order valence-electron chi connectivity index (χ0n) is 11.5. The molecule has 4 rings (SSSR count). The predicted octanol–water partition coefficient (Wildman–Crippen LogP) is 4.05. The van der Waals surface area contributed by atoms with E-state index in [-0.39, 0.29) is 5.63 Å². The lowest BCUT2D eigenvalue weighted by atomic mass is 10.2. The van der Waals surface area contributed by atoms with Crippen molar-refractivity contribution in [1.82, 2.24) is 4.57 Å². The third kappa shape index (κ3) is 1.78. The van der Waals surface area contributed by atoms with E-state index in [1.54, 1.807) is 6.07 Å². The summed E-state index contributed by atoms with van der Waals surface area (Å²) in [7, 11) is 0. The number of nitrogens with zero attached hydrogens (tertiary/aromatic N) is 1. The fourth-order valence-electron chi connectivity index (χ4n) is 2.77. The Labute approximate surface area is 121 Å². The third-order valence-corrected chi connectivity index (χ3v) is 3.79. The van der Waals surface area contributed by atoms with Crippen molar-refractivity contribution < 1.29 is 4.42 Å². The Morgan fingerprint density at radius 2 is 1.76 bits per heavy atom. The molecule has 0 fully saturated rings. The molecule has 4 aromatic rings. The molecule has 0 unspecified atom stereocenters. The largest absolute Gasteiger partial charge is 0.421 e. The van der Waals surface area contributed by atoms with Crippen molar-refractivity contribution in [2.45, 2.75) is 6.92 Å². The van der Waals surface area contributed by atoms with Gasteiger partial charge in [-0.1, -0.05) is 36.4 Å². The van der Waals surface area contributed by atoms with Gasteiger partial charge in [0.15, 0.2) is 0 Å². The summed E-state index contributed by atoms with van der Waals surface area (Å²) in [4.78, 5) is 12.3. The van der Waals surface area contributed by atoms with E-state index in [2.05, 4.69) is 6.07 Å². The molecule has 3 heteroatoms. The van der Waals surface area contributed by atoms with Crippen molar-refractivity contribution in [3.8, 4) is 5.69 Å². The summed E-state index contributed by atoms with van der Waals surface area (Å²) >= 11 is 0. The van der Waals surface area contributed by atoms with Crippen molar-refractivity contribution in [2.75, 3.05) is 0 Å². The maximum atomic E-state index is 12.3. The van der Waals surface area contributed by atoms with Crippen LogP contribution in [-0.2, 0) is 0 Å². The van der Waals surface area contributed by atoms with Crippen LogP contribution in [0.25, 0.3) is 27.6 Å². The summed E-state index contributed by atoms with van der Waals surface area (Å²) in [5, 5.41) is 2.06. The van der Waals surface area contributed by atoms with E-state index in [1.165, 1.54) is 0 Å². The Morgan fingerprint density at radius 3 is 2.67 bits per heavy atom. The van der Waals surface area contributed by atoms with Gasteiger partial charge in [-0.3, -0.25) is 0 Å². The van der Waals surface area contributed by atoms with E-state index < -0.39 is 0 Å². The molecule has 102 valence electrons. The van der Waals surface area contributed by atoms with Gasteiger partial charge < -0.3 is 8.98 Å². The van der Waals surface area contributed by atoms with E-state index in [4.69, 9.17) is 4.42 Å². The van der Waals surface area contributed by atoms with E-state index in [0.29, 0.717) is 11.3 Å². The molecule has 2 aromatic carbocycles. The van der Waals surface area contributed by atoms with Gasteiger partial charge in [0.05, 0.1) is 5.52 Å². The Bertz CT molecular complexity index is 1020. The van der Waals surface area contributed by atoms with Gasteiger partial charge in [-0.2, -0.15) is 0 Å². The van der Waals surface area contributed by atoms with Crippen LogP contribution < -0.4 is 5.63 Å². The normalized spacial score (nSPS) is 11.3. The Morgan fingerprint density at radius 1 is 1.00 bits per heavy atom. The topological polar surface area (TPSA) is 35.1 Å². The lowest BCUT2D eigenvalue weighted by Crippen LogP contribution is -2.09. The molecule has 0 amide bonds. The second kappa shape index (κ2) is 4.35. The van der Waals surface area contributed by atoms with E-state index in [1.807, 2.05) is 60.2 Å². The summed E-state index contributed by atoms with van der Waals surface area (Å²) in [6, 6.07) is 17.5. The number of benzene rings is 2. The quantitative estimate of drug-likeness (QED) is 0.491. The van der Waals surface area contributed by atoms with Gasteiger partial charge in [-0.25, -0.2) is 4.79 Å². The molecule has 3 nitrogen and oxygen atoms in total. The first-order valence-electron chi connectivity index (χ1n) is 6.84. The minimum Gasteiger partial charge on any atom is -0.421 e. The minimum absolute atomic E-state index is 0.325. The lowest BCUT2D eigenvalue weighted by molar-refractivity contribution is 0.556. The molecule has 0 atom stereocenters. The summed E-state index contributed by atoms with van der Waals surface area (Å²) in [5.74, 6) is 0. The Hall–Kier alpha value is -2.81. The highest BCUT2D eigenvalue weighted by Gasteiger charge is 2.11. The number of hydrogen-bond acceptors (Lipinski definition) is 2. The van der Waals surface area contributed by atoms with Crippen molar-refractivity contribution in [3.05, 3.63) is 76.8 Å². The van der Waals surface area contributed by atoms with Gasteiger partial charge in [0.1, 0.15) is 11.3 Å². The van der Waals surface area contributed by atoms with Crippen LogP contribution in [0.4, 0.5) is 0 Å². The predicted molar refractivity (Wildman–Crippen MR) is 84.1 cm³/mol. The molecule has 0 spiro atoms. The molecular formula is C18H13NO2. The molecule has 0 saturated heterocycles. The number of aromatic nitrogens is 1. The number of aryl methyl sites for hydroxylation is 1. The van der Waals surface area contributed by atoms with Crippen molar-refractivity contribution in [2.24, 2.45) is 0 Å². The zero-order chi connectivity index (χ0) is 14.4. The second-order valence-corrected chi connectivity index (χ2v) is 5.16. The van der Waals surface area contributed by atoms with Gasteiger partial charge in [0.25, 0.3) is 0 Å². The summed E-state index contributed by atoms with van der Waals surface area (Å²) in [5.41, 5.74) is 2.97. The first-order valence-corrected chi connectivity index (χ1v) is 6.84. The monoisotopic (exact) mass is 275 g/mol. The van der Waals surface area contributed by atoms with Crippen molar-refractivity contribution in [3.63, 3.8) is 0 Å². The summed E-state index contributed by atoms with van der Waals surface area (Å²) < 4.78 is 7.33. The van der Waals surface area contributed by atoms with E-state index in [9.17, 15) is 4.79 Å². The highest BCUT2D eigenvalue weighted by atomic mass is 16.4. The summed E-state index contributed by atoms with van der Waals surface area (Å²) in [6.07, 6.45) is 1.98. The van der Waals surface area contributed by atoms with Gasteiger partial charge in [-0.15, -0.1) is 0 Å². The Balaban J connectivity index is 2.09. The third-order valence-electron chi connectivity index (χ3n) is 3.79. The molecule has 0 aliphatic heterocycles. The lowest BCUT2D eigenvalue weighted by Gasteiger charge is -2.05. The average molecular weight is 275 g/mol. The zero-order valence-corrected chi connectivity index (χ0v) is 11.5. The number of hydrogen-bond donors (Lipinski definition) is 0. The molecule has 21 heavy (non-hydrogen) atoms. The van der Waals surface area contributed by atoms with Gasteiger partial charge in [0, 0.05) is 17.0 Å². The van der Waals surface area contributed by atoms with Crippen LogP contribution >= 0.6 is 0 Å². The van der Waals surface area contributed by atoms with Crippen LogP contribution in [0, 0.1) is 6.92 Å². The smallest absolute Gasteiger partial charge is 0.360 e. The summed E-state index contributed by atoms with van der Waals surface area (Å²) in [6.45, 7) is 2.04. The fourth-order valence-corrected chi connectivity index (χ4v) is 2.77. The Kier molecular flexibility index (Phi) is 2.48. The van der Waals surface area contributed by atoms with Crippen LogP contribution in [0.1, 0.15) is 5.56 Å². The van der Waals surface area contributed by atoms with Crippen LogP contribution in [0.15, 0.2) is 70.0 Å². The highest BCUT2D eigenvalue weighted by Crippen LogP contribution is 2.24. The van der Waals surface area contributed by atoms with Crippen LogP contribution in [0.3, 0.4) is 0 Å². The van der Waals surface area contributed by atoms with Gasteiger partial charge in [0.2, 0.25) is 0 Å². The van der Waals surface area contributed by atoms with Crippen LogP contribution in [0.2, 0.25) is 0 Å². The number of rotatable bonds is 1. The molecule has 0 aliphatic carbocycles. The first kappa shape index (κ1) is 12.0. The van der Waals surface area contributed by atoms with Gasteiger partial charge in [-0.05, 0) is 30.7 Å². The van der Waals surface area contributed by atoms with E-state index in [0.717, 1.165) is 21.9 Å².